The van der Waals surface area contributed by atoms with Crippen LogP contribution in [0.4, 0.5) is 0 Å². The topological polar surface area (TPSA) is 126 Å². The number of piperazine rings is 1. The lowest BCUT2D eigenvalue weighted by atomic mass is 10.1. The molecule has 0 N–H and O–H groups in total. The van der Waals surface area contributed by atoms with Gasteiger partial charge in [0.15, 0.2) is 5.78 Å². The van der Waals surface area contributed by atoms with E-state index < -0.39 is 16.0 Å². The Labute approximate surface area is 203 Å². The minimum Gasteiger partial charge on any atom is -0.460 e. The van der Waals surface area contributed by atoms with E-state index in [4.69, 9.17) is 14.4 Å². The van der Waals surface area contributed by atoms with Gasteiger partial charge in [0.1, 0.15) is 0 Å². The van der Waals surface area contributed by atoms with E-state index in [0.29, 0.717) is 31.6 Å². The maximum absolute atomic E-state index is 13.1. The zero-order chi connectivity index (χ0) is 25.0. The molecule has 0 atom stereocenters. The summed E-state index contributed by atoms with van der Waals surface area (Å²) >= 11 is 0. The lowest BCUT2D eigenvalue weighted by Crippen LogP contribution is -2.49. The Morgan fingerprint density at radius 1 is 1.11 bits per heavy atom. The van der Waals surface area contributed by atoms with Crippen LogP contribution in [-0.2, 0) is 21.3 Å². The van der Waals surface area contributed by atoms with Crippen LogP contribution in [0.5, 0.6) is 0 Å². The molecule has 35 heavy (non-hydrogen) atoms. The van der Waals surface area contributed by atoms with Gasteiger partial charge in [-0.25, -0.2) is 13.2 Å². The van der Waals surface area contributed by atoms with Crippen LogP contribution in [0.2, 0.25) is 0 Å². The Morgan fingerprint density at radius 3 is 2.57 bits per heavy atom. The Bertz CT molecular complexity index is 1380. The maximum atomic E-state index is 13.1. The number of carbonyl (C=O) groups excluding carboxylic acids is 2. The average molecular weight is 499 g/mol. The van der Waals surface area contributed by atoms with Crippen LogP contribution in [0.3, 0.4) is 0 Å². The van der Waals surface area contributed by atoms with Crippen LogP contribution in [0.25, 0.3) is 10.9 Å². The Hall–Kier alpha value is -3.46. The number of benzene rings is 1. The van der Waals surface area contributed by atoms with E-state index in [-0.39, 0.29) is 42.9 Å². The third kappa shape index (κ3) is 5.14. The van der Waals surface area contributed by atoms with Crippen molar-refractivity contribution >= 4 is 32.7 Å². The SMILES string of the molecule is CCOC(=O)c1ccc(S(=O)(=O)N2CCN(CC(=O)c3cn(CCC#N)c4ccccc34)CC2)o1. The van der Waals surface area contributed by atoms with E-state index in [2.05, 4.69) is 6.07 Å². The molecule has 0 unspecified atom stereocenters. The van der Waals surface area contributed by atoms with E-state index in [1.165, 1.54) is 16.4 Å². The van der Waals surface area contributed by atoms with Gasteiger partial charge in [0.05, 0.1) is 25.6 Å². The van der Waals surface area contributed by atoms with Crippen LogP contribution in [0.15, 0.2) is 52.1 Å². The van der Waals surface area contributed by atoms with E-state index >= 15 is 0 Å². The Balaban J connectivity index is 1.40. The second kappa shape index (κ2) is 10.4. The van der Waals surface area contributed by atoms with Crippen molar-refractivity contribution in [3.05, 3.63) is 53.9 Å². The van der Waals surface area contributed by atoms with Crippen LogP contribution in [-0.4, -0.2) is 73.3 Å². The van der Waals surface area contributed by atoms with Gasteiger partial charge in [-0.2, -0.15) is 9.57 Å². The third-order valence-corrected chi connectivity index (χ3v) is 7.68. The number of para-hydroxylation sites is 1. The number of aryl methyl sites for hydroxylation is 1. The molecule has 3 aromatic rings. The van der Waals surface area contributed by atoms with Crippen molar-refractivity contribution in [1.82, 2.24) is 13.8 Å². The lowest BCUT2D eigenvalue weighted by molar-refractivity contribution is 0.0483. The smallest absolute Gasteiger partial charge is 0.374 e. The molecular formula is C24H26N4O6S. The number of fused-ring (bicyclic) bond motifs is 1. The molecule has 4 rings (SSSR count). The van der Waals surface area contributed by atoms with Gasteiger partial charge in [-0.3, -0.25) is 9.69 Å². The second-order valence-corrected chi connectivity index (χ2v) is 9.97. The number of nitriles is 1. The summed E-state index contributed by atoms with van der Waals surface area (Å²) < 4.78 is 39.2. The number of ketones is 1. The predicted octanol–water partition coefficient (Wildman–Crippen LogP) is 2.51. The average Bonchev–Trinajstić information content (AvgIpc) is 3.50. The highest BCUT2D eigenvalue weighted by atomic mass is 32.2. The number of aromatic nitrogens is 1. The lowest BCUT2D eigenvalue weighted by Gasteiger charge is -2.32. The van der Waals surface area contributed by atoms with Gasteiger partial charge < -0.3 is 13.7 Å². The van der Waals surface area contributed by atoms with Gasteiger partial charge in [0.25, 0.3) is 10.0 Å². The number of hydrogen-bond acceptors (Lipinski definition) is 8. The van der Waals surface area contributed by atoms with Crippen LogP contribution in [0, 0.1) is 11.3 Å². The highest BCUT2D eigenvalue weighted by molar-refractivity contribution is 7.89. The number of Topliss-reactive ketones (excluding diaryl/α,β-unsaturated/α-hetero) is 1. The minimum absolute atomic E-state index is 0.0571. The molecular weight excluding hydrogens is 472 g/mol. The normalized spacial score (nSPS) is 15.2. The Kier molecular flexibility index (Phi) is 7.35. The number of rotatable bonds is 9. The molecule has 11 heteroatoms. The minimum atomic E-state index is -3.91. The summed E-state index contributed by atoms with van der Waals surface area (Å²) in [6.07, 6.45) is 2.14. The maximum Gasteiger partial charge on any atom is 0.374 e. The van der Waals surface area contributed by atoms with Crippen molar-refractivity contribution in [2.75, 3.05) is 39.3 Å². The molecule has 184 valence electrons. The monoisotopic (exact) mass is 498 g/mol. The van der Waals surface area contributed by atoms with Crippen molar-refractivity contribution in [2.45, 2.75) is 25.0 Å². The van der Waals surface area contributed by atoms with Gasteiger partial charge in [-0.1, -0.05) is 18.2 Å². The van der Waals surface area contributed by atoms with E-state index in [9.17, 15) is 18.0 Å². The van der Waals surface area contributed by atoms with Crippen molar-refractivity contribution in [3.63, 3.8) is 0 Å². The fraction of sp³-hybridized carbons (Fsp3) is 0.375. The van der Waals surface area contributed by atoms with E-state index in [1.807, 2.05) is 33.7 Å². The number of hydrogen-bond donors (Lipinski definition) is 0. The molecule has 0 amide bonds. The number of ether oxygens (including phenoxy) is 1. The predicted molar refractivity (Wildman–Crippen MR) is 126 cm³/mol. The second-order valence-electron chi connectivity index (χ2n) is 8.10. The molecule has 1 aromatic carbocycles. The quantitative estimate of drug-likeness (QED) is 0.325. The summed E-state index contributed by atoms with van der Waals surface area (Å²) in [5.74, 6) is -0.937. The molecule has 0 spiro atoms. The number of nitrogens with zero attached hydrogens (tertiary/aromatic N) is 4. The molecule has 10 nitrogen and oxygen atoms in total. The summed E-state index contributed by atoms with van der Waals surface area (Å²) in [7, 11) is -3.91. The molecule has 0 aliphatic carbocycles. The van der Waals surface area contributed by atoms with E-state index in [0.717, 1.165) is 10.9 Å². The number of esters is 1. The molecule has 0 radical (unpaired) electrons. The van der Waals surface area contributed by atoms with Crippen LogP contribution in [0.1, 0.15) is 34.3 Å². The van der Waals surface area contributed by atoms with Crippen LogP contribution >= 0.6 is 0 Å². The van der Waals surface area contributed by atoms with Crippen molar-refractivity contribution in [2.24, 2.45) is 0 Å². The fourth-order valence-corrected chi connectivity index (χ4v) is 5.47. The van der Waals surface area contributed by atoms with Gasteiger partial charge in [-0.15, -0.1) is 0 Å². The van der Waals surface area contributed by atoms with Crippen molar-refractivity contribution in [3.8, 4) is 6.07 Å². The summed E-state index contributed by atoms with van der Waals surface area (Å²) in [5.41, 5.74) is 1.50. The van der Waals surface area contributed by atoms with Gasteiger partial charge in [0.2, 0.25) is 10.9 Å². The first-order valence-corrected chi connectivity index (χ1v) is 12.8. The summed E-state index contributed by atoms with van der Waals surface area (Å²) in [6, 6.07) is 12.3. The van der Waals surface area contributed by atoms with Crippen molar-refractivity contribution < 1.29 is 27.2 Å². The highest BCUT2D eigenvalue weighted by Crippen LogP contribution is 2.24. The van der Waals surface area contributed by atoms with Crippen molar-refractivity contribution in [1.29, 1.82) is 5.26 Å². The molecule has 0 saturated carbocycles. The van der Waals surface area contributed by atoms with Gasteiger partial charge >= 0.3 is 5.97 Å². The third-order valence-electron chi connectivity index (χ3n) is 5.90. The first-order chi connectivity index (χ1) is 16.8. The number of furan rings is 1. The highest BCUT2D eigenvalue weighted by Gasteiger charge is 2.32. The molecule has 1 aliphatic rings. The summed E-state index contributed by atoms with van der Waals surface area (Å²) in [6.45, 7) is 3.61. The fourth-order valence-electron chi connectivity index (χ4n) is 4.14. The zero-order valence-electron chi connectivity index (χ0n) is 19.3. The number of carbonyl (C=O) groups is 2. The van der Waals surface area contributed by atoms with Gasteiger partial charge in [0, 0.05) is 55.4 Å². The first kappa shape index (κ1) is 24.7. The molecule has 0 bridgehead atoms. The van der Waals surface area contributed by atoms with Gasteiger partial charge in [-0.05, 0) is 25.1 Å². The molecule has 2 aromatic heterocycles. The molecule has 3 heterocycles. The largest absolute Gasteiger partial charge is 0.460 e. The summed E-state index contributed by atoms with van der Waals surface area (Å²) in [4.78, 5) is 26.8. The summed E-state index contributed by atoms with van der Waals surface area (Å²) in [5, 5.41) is 9.45. The van der Waals surface area contributed by atoms with Crippen LogP contribution < -0.4 is 0 Å². The Morgan fingerprint density at radius 2 is 1.86 bits per heavy atom. The molecule has 1 fully saturated rings. The molecule has 1 saturated heterocycles. The number of sulfonamides is 1. The first-order valence-electron chi connectivity index (χ1n) is 11.3. The van der Waals surface area contributed by atoms with E-state index in [1.54, 1.807) is 13.1 Å². The molecule has 1 aliphatic heterocycles. The zero-order valence-corrected chi connectivity index (χ0v) is 20.2. The standard InChI is InChI=1S/C24H26N4O6S/c1-2-33-24(30)22-8-9-23(34-22)35(31,32)28-14-12-26(13-15-28)17-21(29)19-16-27(11-5-10-25)20-7-4-3-6-18(19)20/h3-4,6-9,16H,2,5,11-15,17H2,1H3.